The highest BCUT2D eigenvalue weighted by Gasteiger charge is 2.33. The highest BCUT2D eigenvalue weighted by Crippen LogP contribution is 2.58. The minimum atomic E-state index is -1.81. The molecule has 0 aliphatic heterocycles. The Labute approximate surface area is 170 Å². The molecule has 1 radical (unpaired) electrons. The van der Waals surface area contributed by atoms with Gasteiger partial charge in [0, 0.05) is 10.6 Å². The molecule has 2 heteroatoms. The van der Waals surface area contributed by atoms with E-state index in [9.17, 15) is 0 Å². The van der Waals surface area contributed by atoms with Crippen molar-refractivity contribution in [3.05, 3.63) is 125 Å². The summed E-state index contributed by atoms with van der Waals surface area (Å²) in [6, 6.07) is 41.9. The maximum absolute atomic E-state index is 3.57. The highest BCUT2D eigenvalue weighted by molar-refractivity contribution is 9.10. The molecule has 4 aromatic carbocycles. The van der Waals surface area contributed by atoms with Crippen LogP contribution in [0.25, 0.3) is 0 Å². The molecule has 0 nitrogen and oxygen atoms in total. The van der Waals surface area contributed by atoms with Gasteiger partial charge in [0.2, 0.25) is 0 Å². The van der Waals surface area contributed by atoms with Gasteiger partial charge in [-0.3, -0.25) is 0 Å². The quantitative estimate of drug-likeness (QED) is 0.342. The fourth-order valence-electron chi connectivity index (χ4n) is 3.63. The second-order valence-electron chi connectivity index (χ2n) is 6.60. The van der Waals surface area contributed by atoms with Gasteiger partial charge in [-0.15, -0.1) is 0 Å². The lowest BCUT2D eigenvalue weighted by Gasteiger charge is -2.38. The Hall–Kier alpha value is -2.21. The average Bonchev–Trinajstić information content (AvgIpc) is 2.75. The minimum absolute atomic E-state index is 1.01. The summed E-state index contributed by atoms with van der Waals surface area (Å²) < 4.78 is 1.12. The van der Waals surface area contributed by atoms with Crippen LogP contribution in [0, 0.1) is 0 Å². The topological polar surface area (TPSA) is 0 Å². The predicted molar refractivity (Wildman–Crippen MR) is 123 cm³/mol. The van der Waals surface area contributed by atoms with Crippen molar-refractivity contribution in [2.75, 3.05) is 0 Å². The average molecular weight is 432 g/mol. The smallest absolute Gasteiger partial charge is 0.0175 e. The Morgan fingerprint density at radius 3 is 1.22 bits per heavy atom. The minimum Gasteiger partial charge on any atom is -0.0622 e. The van der Waals surface area contributed by atoms with Crippen LogP contribution in [0.4, 0.5) is 0 Å². The van der Waals surface area contributed by atoms with Gasteiger partial charge in [-0.25, -0.2) is 0 Å². The van der Waals surface area contributed by atoms with E-state index in [0.29, 0.717) is 0 Å². The zero-order valence-corrected chi connectivity index (χ0v) is 17.5. The zero-order chi connectivity index (χ0) is 18.5. The van der Waals surface area contributed by atoms with Crippen molar-refractivity contribution < 1.29 is 0 Å². The number of benzene rings is 4. The number of halogens is 1. The summed E-state index contributed by atoms with van der Waals surface area (Å²) in [4.78, 5) is 0. The van der Waals surface area contributed by atoms with Crippen LogP contribution in [0.3, 0.4) is 0 Å². The molecule has 4 rings (SSSR count). The second kappa shape index (κ2) is 8.21. The van der Waals surface area contributed by atoms with Gasteiger partial charge in [0.15, 0.2) is 0 Å². The molecule has 0 atom stereocenters. The molecular formula is C25H21BrP. The van der Waals surface area contributed by atoms with E-state index >= 15 is 0 Å². The molecule has 0 heterocycles. The van der Waals surface area contributed by atoms with Crippen LogP contribution in [0.15, 0.2) is 120 Å². The first-order valence-electron chi connectivity index (χ1n) is 9.08. The number of hydrogen-bond donors (Lipinski definition) is 0. The third kappa shape index (κ3) is 3.76. The van der Waals surface area contributed by atoms with E-state index in [4.69, 9.17) is 0 Å². The second-order valence-corrected chi connectivity index (χ2v) is 11.0. The molecule has 133 valence electrons. The van der Waals surface area contributed by atoms with Gasteiger partial charge in [-0.2, -0.15) is 0 Å². The maximum Gasteiger partial charge on any atom is 0.0175 e. The summed E-state index contributed by atoms with van der Waals surface area (Å²) in [5.41, 5.74) is 1.36. The molecule has 0 bridgehead atoms. The molecule has 4 aromatic rings. The molecule has 0 saturated carbocycles. The molecule has 0 amide bonds. The van der Waals surface area contributed by atoms with E-state index < -0.39 is 7.26 Å². The van der Waals surface area contributed by atoms with E-state index in [1.54, 1.807) is 0 Å². The van der Waals surface area contributed by atoms with E-state index in [1.165, 1.54) is 21.5 Å². The van der Waals surface area contributed by atoms with Crippen LogP contribution in [-0.4, -0.2) is 0 Å². The van der Waals surface area contributed by atoms with Gasteiger partial charge in [-0.1, -0.05) is 119 Å². The Balaban J connectivity index is 1.98. The number of rotatable bonds is 5. The van der Waals surface area contributed by atoms with Gasteiger partial charge in [0.1, 0.15) is 0 Å². The first kappa shape index (κ1) is 18.2. The molecule has 0 aliphatic rings. The zero-order valence-electron chi connectivity index (χ0n) is 15.0. The molecule has 0 aromatic heterocycles. The third-order valence-electron chi connectivity index (χ3n) is 4.92. The Kier molecular flexibility index (Phi) is 5.53. The molecule has 0 unspecified atom stereocenters. The fraction of sp³-hybridized carbons (Fsp3) is 0.0400. The molecule has 0 fully saturated rings. The summed E-state index contributed by atoms with van der Waals surface area (Å²) in [6.45, 7) is 0. The molecule has 0 aliphatic carbocycles. The van der Waals surface area contributed by atoms with E-state index in [1.807, 2.05) is 0 Å². The predicted octanol–water partition coefficient (Wildman–Crippen LogP) is 5.94. The van der Waals surface area contributed by atoms with Crippen LogP contribution >= 0.6 is 23.2 Å². The van der Waals surface area contributed by atoms with E-state index in [2.05, 4.69) is 131 Å². The first-order valence-corrected chi connectivity index (χ1v) is 11.9. The van der Waals surface area contributed by atoms with Gasteiger partial charge in [0.05, 0.1) is 0 Å². The highest BCUT2D eigenvalue weighted by atomic mass is 79.9. The SMILES string of the molecule is Brc1ccc(C[P](c2ccccc2)(c2ccccc2)c2ccccc2)cc1. The van der Waals surface area contributed by atoms with Gasteiger partial charge < -0.3 is 0 Å². The Morgan fingerprint density at radius 1 is 0.481 bits per heavy atom. The van der Waals surface area contributed by atoms with Crippen molar-refractivity contribution >= 4 is 39.1 Å². The summed E-state index contributed by atoms with van der Waals surface area (Å²) in [5, 5.41) is 4.26. The molecule has 0 saturated heterocycles. The summed E-state index contributed by atoms with van der Waals surface area (Å²) >= 11 is 3.57. The van der Waals surface area contributed by atoms with Crippen LogP contribution < -0.4 is 15.9 Å². The Bertz CT molecular complexity index is 884. The van der Waals surface area contributed by atoms with E-state index in [-0.39, 0.29) is 0 Å². The molecular weight excluding hydrogens is 411 g/mol. The van der Waals surface area contributed by atoms with Crippen molar-refractivity contribution in [2.24, 2.45) is 0 Å². The lowest BCUT2D eigenvalue weighted by atomic mass is 10.2. The van der Waals surface area contributed by atoms with Gasteiger partial charge in [0.25, 0.3) is 0 Å². The van der Waals surface area contributed by atoms with Crippen LogP contribution in [0.1, 0.15) is 5.56 Å². The normalized spacial score (nSPS) is 11.3. The van der Waals surface area contributed by atoms with Crippen molar-refractivity contribution in [3.63, 3.8) is 0 Å². The summed E-state index contributed by atoms with van der Waals surface area (Å²) in [6.07, 6.45) is 1.01. The van der Waals surface area contributed by atoms with Gasteiger partial charge in [-0.05, 0) is 40.9 Å². The van der Waals surface area contributed by atoms with Crippen LogP contribution in [0.2, 0.25) is 0 Å². The standard InChI is InChI=1S/C25H21BrP/c26-22-18-16-21(17-19-22)20-27(23-10-4-1-5-11-23,24-12-6-2-7-13-24)25-14-8-3-9-15-25/h1-19H,20H2. The molecule has 27 heavy (non-hydrogen) atoms. The van der Waals surface area contributed by atoms with Crippen molar-refractivity contribution in [2.45, 2.75) is 6.16 Å². The summed E-state index contributed by atoms with van der Waals surface area (Å²) in [7, 11) is -1.81. The monoisotopic (exact) mass is 431 g/mol. The lowest BCUT2D eigenvalue weighted by Crippen LogP contribution is -2.32. The first-order chi connectivity index (χ1) is 13.3. The van der Waals surface area contributed by atoms with Crippen LogP contribution in [-0.2, 0) is 6.16 Å². The maximum atomic E-state index is 3.57. The van der Waals surface area contributed by atoms with E-state index in [0.717, 1.165) is 10.6 Å². The van der Waals surface area contributed by atoms with Crippen molar-refractivity contribution in [1.29, 1.82) is 0 Å². The molecule has 0 spiro atoms. The van der Waals surface area contributed by atoms with Crippen molar-refractivity contribution in [1.82, 2.24) is 0 Å². The van der Waals surface area contributed by atoms with Crippen molar-refractivity contribution in [3.8, 4) is 0 Å². The Morgan fingerprint density at radius 2 is 0.852 bits per heavy atom. The lowest BCUT2D eigenvalue weighted by molar-refractivity contribution is 1.38. The fourth-order valence-corrected chi connectivity index (χ4v) is 8.14. The van der Waals surface area contributed by atoms with Gasteiger partial charge >= 0.3 is 0 Å². The van der Waals surface area contributed by atoms with Crippen LogP contribution in [0.5, 0.6) is 0 Å². The number of hydrogen-bond acceptors (Lipinski definition) is 0. The largest absolute Gasteiger partial charge is 0.0622 e. The third-order valence-corrected chi connectivity index (χ3v) is 9.83. The summed E-state index contributed by atoms with van der Waals surface area (Å²) in [5.74, 6) is 0. The molecule has 0 N–H and O–H groups in total.